The summed E-state index contributed by atoms with van der Waals surface area (Å²) in [6.07, 6.45) is 5.24. The second-order valence-electron chi connectivity index (χ2n) is 8.90. The number of carbonyl (C=O) groups is 1. The third-order valence-corrected chi connectivity index (χ3v) is 5.77. The number of hydrogen-bond donors (Lipinski definition) is 1. The van der Waals surface area contributed by atoms with Crippen LogP contribution in [0.2, 0.25) is 5.02 Å². The Labute approximate surface area is 181 Å². The summed E-state index contributed by atoms with van der Waals surface area (Å²) in [6, 6.07) is 9.38. The van der Waals surface area contributed by atoms with Gasteiger partial charge in [0.15, 0.2) is 0 Å². The number of piperidine rings is 1. The van der Waals surface area contributed by atoms with Crippen molar-refractivity contribution in [1.29, 1.82) is 0 Å². The fraction of sp³-hybridized carbons (Fsp3) is 0.435. The summed E-state index contributed by atoms with van der Waals surface area (Å²) in [6.45, 7) is 6.95. The molecule has 30 heavy (non-hydrogen) atoms. The van der Waals surface area contributed by atoms with Gasteiger partial charge in [-0.05, 0) is 43.0 Å². The van der Waals surface area contributed by atoms with Gasteiger partial charge in [0, 0.05) is 29.1 Å². The molecule has 0 saturated carbocycles. The molecule has 1 atom stereocenters. The molecular weight excluding hydrogens is 400 g/mol. The fourth-order valence-corrected chi connectivity index (χ4v) is 3.88. The van der Waals surface area contributed by atoms with E-state index >= 15 is 0 Å². The number of amides is 1. The highest BCUT2D eigenvalue weighted by atomic mass is 35.5. The number of oxazole rings is 1. The Bertz CT molecular complexity index is 1020. The molecule has 0 bridgehead atoms. The van der Waals surface area contributed by atoms with Crippen LogP contribution in [0.5, 0.6) is 0 Å². The van der Waals surface area contributed by atoms with Gasteiger partial charge in [0.1, 0.15) is 17.5 Å². The number of aromatic nitrogens is 3. The van der Waals surface area contributed by atoms with Gasteiger partial charge in [0.25, 0.3) is 5.91 Å². The predicted molar refractivity (Wildman–Crippen MR) is 116 cm³/mol. The van der Waals surface area contributed by atoms with E-state index in [9.17, 15) is 4.79 Å². The zero-order valence-corrected chi connectivity index (χ0v) is 18.4. The number of benzene rings is 1. The molecule has 1 aliphatic rings. The van der Waals surface area contributed by atoms with E-state index in [2.05, 4.69) is 36.0 Å². The van der Waals surface area contributed by atoms with Crippen molar-refractivity contribution in [2.45, 2.75) is 57.9 Å². The quantitative estimate of drug-likeness (QED) is 0.613. The maximum absolute atomic E-state index is 13.2. The molecule has 0 aliphatic carbocycles. The van der Waals surface area contributed by atoms with Crippen LogP contribution >= 0.6 is 11.6 Å². The van der Waals surface area contributed by atoms with E-state index in [0.29, 0.717) is 29.6 Å². The first-order chi connectivity index (χ1) is 14.3. The second-order valence-corrected chi connectivity index (χ2v) is 9.33. The normalized spacial score (nSPS) is 17.3. The standard InChI is InChI=1S/C23H27ClN4O2/c1-23(2,3)20-13-18(26-27-20)22(29)28-11-5-4-6-19(28)21-25-14-17(30-21)12-15-7-9-16(24)10-8-15/h7-10,13-14,19H,4-6,11-12H2,1-3H3,(H,26,27)/t19-/m1/s1. The minimum atomic E-state index is -0.167. The van der Waals surface area contributed by atoms with Gasteiger partial charge in [-0.3, -0.25) is 9.89 Å². The lowest BCUT2D eigenvalue weighted by molar-refractivity contribution is 0.0564. The molecule has 3 heterocycles. The highest BCUT2D eigenvalue weighted by molar-refractivity contribution is 6.30. The van der Waals surface area contributed by atoms with E-state index in [1.807, 2.05) is 35.2 Å². The number of nitrogens with zero attached hydrogens (tertiary/aromatic N) is 3. The molecule has 0 radical (unpaired) electrons. The molecule has 0 spiro atoms. The molecule has 2 aromatic heterocycles. The number of carbonyl (C=O) groups excluding carboxylic acids is 1. The van der Waals surface area contributed by atoms with E-state index in [1.54, 1.807) is 6.20 Å². The van der Waals surface area contributed by atoms with E-state index in [-0.39, 0.29) is 17.4 Å². The summed E-state index contributed by atoms with van der Waals surface area (Å²) in [4.78, 5) is 19.6. The molecule has 158 valence electrons. The molecule has 1 amide bonds. The number of halogens is 1. The maximum atomic E-state index is 13.2. The zero-order valence-electron chi connectivity index (χ0n) is 17.6. The molecule has 1 N–H and O–H groups in total. The highest BCUT2D eigenvalue weighted by Gasteiger charge is 2.33. The van der Waals surface area contributed by atoms with Crippen LogP contribution in [0, 0.1) is 0 Å². The minimum Gasteiger partial charge on any atom is -0.443 e. The van der Waals surface area contributed by atoms with Crippen molar-refractivity contribution in [1.82, 2.24) is 20.1 Å². The van der Waals surface area contributed by atoms with Crippen molar-refractivity contribution in [3.8, 4) is 0 Å². The molecule has 6 nitrogen and oxygen atoms in total. The monoisotopic (exact) mass is 426 g/mol. The smallest absolute Gasteiger partial charge is 0.275 e. The van der Waals surface area contributed by atoms with Gasteiger partial charge in [-0.1, -0.05) is 44.5 Å². The topological polar surface area (TPSA) is 75.0 Å². The van der Waals surface area contributed by atoms with Gasteiger partial charge >= 0.3 is 0 Å². The Hall–Kier alpha value is -2.60. The molecule has 4 rings (SSSR count). The lowest BCUT2D eigenvalue weighted by atomic mass is 9.92. The maximum Gasteiger partial charge on any atom is 0.275 e. The minimum absolute atomic E-state index is 0.0797. The van der Waals surface area contributed by atoms with Crippen molar-refractivity contribution < 1.29 is 9.21 Å². The summed E-state index contributed by atoms with van der Waals surface area (Å²) < 4.78 is 6.07. The van der Waals surface area contributed by atoms with Crippen LogP contribution in [0.3, 0.4) is 0 Å². The average Bonchev–Trinajstić information content (AvgIpc) is 3.39. The fourth-order valence-electron chi connectivity index (χ4n) is 3.76. The lowest BCUT2D eigenvalue weighted by Crippen LogP contribution is -2.38. The molecule has 7 heteroatoms. The zero-order chi connectivity index (χ0) is 21.3. The largest absolute Gasteiger partial charge is 0.443 e. The number of H-pyrrole nitrogens is 1. The Morgan fingerprint density at radius 1 is 1.27 bits per heavy atom. The van der Waals surface area contributed by atoms with Crippen LogP contribution in [-0.4, -0.2) is 32.5 Å². The molecule has 1 fully saturated rings. The Kier molecular flexibility index (Phi) is 5.69. The summed E-state index contributed by atoms with van der Waals surface area (Å²) in [5.74, 6) is 1.29. The van der Waals surface area contributed by atoms with Crippen molar-refractivity contribution in [3.05, 3.63) is 70.2 Å². The SMILES string of the molecule is CC(C)(C)c1cc(C(=O)N2CCCC[C@@H]2c2ncc(Cc3ccc(Cl)cc3)o2)n[nH]1. The van der Waals surface area contributed by atoms with Crippen LogP contribution in [0.4, 0.5) is 0 Å². The number of rotatable bonds is 4. The third-order valence-electron chi connectivity index (χ3n) is 5.52. The number of aromatic amines is 1. The van der Waals surface area contributed by atoms with E-state index in [1.165, 1.54) is 0 Å². The molecule has 1 aromatic carbocycles. The van der Waals surface area contributed by atoms with Crippen LogP contribution in [0.15, 0.2) is 40.9 Å². The Morgan fingerprint density at radius 3 is 2.73 bits per heavy atom. The molecule has 1 aliphatic heterocycles. The van der Waals surface area contributed by atoms with Crippen molar-refractivity contribution in [3.63, 3.8) is 0 Å². The van der Waals surface area contributed by atoms with Gasteiger partial charge in [0.2, 0.25) is 5.89 Å². The summed E-state index contributed by atoms with van der Waals surface area (Å²) >= 11 is 5.96. The third kappa shape index (κ3) is 4.43. The number of hydrogen-bond acceptors (Lipinski definition) is 4. The van der Waals surface area contributed by atoms with Crippen molar-refractivity contribution in [2.75, 3.05) is 6.54 Å². The first kappa shape index (κ1) is 20.7. The van der Waals surface area contributed by atoms with Gasteiger partial charge < -0.3 is 9.32 Å². The number of likely N-dealkylation sites (tertiary alicyclic amines) is 1. The second kappa shape index (κ2) is 8.26. The van der Waals surface area contributed by atoms with Gasteiger partial charge in [-0.25, -0.2) is 4.98 Å². The summed E-state index contributed by atoms with van der Waals surface area (Å²) in [5.41, 5.74) is 2.40. The van der Waals surface area contributed by atoms with Crippen LogP contribution < -0.4 is 0 Å². The van der Waals surface area contributed by atoms with Gasteiger partial charge in [-0.2, -0.15) is 5.10 Å². The molecule has 0 unspecified atom stereocenters. The first-order valence-electron chi connectivity index (χ1n) is 10.4. The summed E-state index contributed by atoms with van der Waals surface area (Å²) in [7, 11) is 0. The van der Waals surface area contributed by atoms with Crippen molar-refractivity contribution in [2.24, 2.45) is 0 Å². The van der Waals surface area contributed by atoms with Crippen LogP contribution in [-0.2, 0) is 11.8 Å². The van der Waals surface area contributed by atoms with E-state index in [0.717, 1.165) is 36.3 Å². The first-order valence-corrected chi connectivity index (χ1v) is 10.7. The predicted octanol–water partition coefficient (Wildman–Crippen LogP) is 5.31. The molecule has 3 aromatic rings. The van der Waals surface area contributed by atoms with Crippen molar-refractivity contribution >= 4 is 17.5 Å². The molecular formula is C23H27ClN4O2. The van der Waals surface area contributed by atoms with Gasteiger partial charge in [0.05, 0.1) is 6.20 Å². The Morgan fingerprint density at radius 2 is 2.03 bits per heavy atom. The van der Waals surface area contributed by atoms with E-state index in [4.69, 9.17) is 16.0 Å². The lowest BCUT2D eigenvalue weighted by Gasteiger charge is -2.33. The average molecular weight is 427 g/mol. The molecule has 1 saturated heterocycles. The van der Waals surface area contributed by atoms with Crippen LogP contribution in [0.1, 0.15) is 79.5 Å². The Balaban J connectivity index is 1.52. The van der Waals surface area contributed by atoms with E-state index < -0.39 is 0 Å². The van der Waals surface area contributed by atoms with Gasteiger partial charge in [-0.15, -0.1) is 0 Å². The van der Waals surface area contributed by atoms with Crippen LogP contribution in [0.25, 0.3) is 0 Å². The summed E-state index contributed by atoms with van der Waals surface area (Å²) in [5, 5.41) is 8.00. The number of nitrogens with one attached hydrogen (secondary N) is 1. The highest BCUT2D eigenvalue weighted by Crippen LogP contribution is 2.32.